The van der Waals surface area contributed by atoms with E-state index >= 15 is 0 Å². The second kappa shape index (κ2) is 7.35. The molecule has 1 rings (SSSR count). The van der Waals surface area contributed by atoms with Crippen molar-refractivity contribution in [3.63, 3.8) is 0 Å². The van der Waals surface area contributed by atoms with E-state index in [1.165, 1.54) is 0 Å². The molecule has 0 aliphatic rings. The Hall–Kier alpha value is -1.00. The molecule has 0 bridgehead atoms. The van der Waals surface area contributed by atoms with Gasteiger partial charge in [0.1, 0.15) is 5.82 Å². The van der Waals surface area contributed by atoms with Gasteiger partial charge in [0.25, 0.3) is 0 Å². The highest BCUT2D eigenvalue weighted by Gasteiger charge is 2.09. The number of nitrogen functional groups attached to an aromatic ring is 1. The fraction of sp³-hybridized carbons (Fsp3) is 0.583. The van der Waals surface area contributed by atoms with Crippen molar-refractivity contribution < 1.29 is 5.11 Å². The van der Waals surface area contributed by atoms with Gasteiger partial charge in [-0.1, -0.05) is 24.9 Å². The summed E-state index contributed by atoms with van der Waals surface area (Å²) in [6.07, 6.45) is 4.57. The zero-order valence-electron chi connectivity index (χ0n) is 10.1. The van der Waals surface area contributed by atoms with Crippen molar-refractivity contribution in [1.29, 1.82) is 0 Å². The molecule has 0 spiro atoms. The number of aromatic nitrogens is 1. The Bertz CT molecular complexity index is 341. The maximum absolute atomic E-state index is 8.97. The summed E-state index contributed by atoms with van der Waals surface area (Å²) >= 11 is 6.01. The van der Waals surface area contributed by atoms with E-state index in [9.17, 15) is 0 Å². The Kier molecular flexibility index (Phi) is 6.08. The van der Waals surface area contributed by atoms with Crippen LogP contribution >= 0.6 is 11.6 Å². The van der Waals surface area contributed by atoms with Gasteiger partial charge in [0, 0.05) is 13.2 Å². The van der Waals surface area contributed by atoms with Crippen LogP contribution in [0.2, 0.25) is 5.02 Å². The number of halogens is 1. The number of hydrogen-bond acceptors (Lipinski definition) is 4. The summed E-state index contributed by atoms with van der Waals surface area (Å²) < 4.78 is 0. The highest BCUT2D eigenvalue weighted by molar-refractivity contribution is 6.33. The summed E-state index contributed by atoms with van der Waals surface area (Å²) in [6, 6.07) is 1.68. The topological polar surface area (TPSA) is 71.2 Å². The Morgan fingerprint density at radius 1 is 1.53 bits per heavy atom. The molecule has 0 aromatic carbocycles. The standard InChI is InChI=1S/C12H20ClN3O/c1-2-3-9(4-5-17)7-15-12-11(13)6-10(14)8-16-12/h6,8-9,17H,2-5,7,14H2,1H3,(H,15,16). The van der Waals surface area contributed by atoms with Crippen molar-refractivity contribution in [2.24, 2.45) is 5.92 Å². The molecule has 1 aromatic heterocycles. The highest BCUT2D eigenvalue weighted by atomic mass is 35.5. The van der Waals surface area contributed by atoms with Crippen LogP contribution in [0.1, 0.15) is 26.2 Å². The van der Waals surface area contributed by atoms with E-state index in [-0.39, 0.29) is 6.61 Å². The summed E-state index contributed by atoms with van der Waals surface area (Å²) in [7, 11) is 0. The van der Waals surface area contributed by atoms with E-state index in [0.717, 1.165) is 25.8 Å². The van der Waals surface area contributed by atoms with Crippen molar-refractivity contribution in [3.8, 4) is 0 Å². The largest absolute Gasteiger partial charge is 0.397 e. The number of anilines is 2. The summed E-state index contributed by atoms with van der Waals surface area (Å²) in [5.74, 6) is 1.10. The first-order chi connectivity index (χ1) is 8.17. The first kappa shape index (κ1) is 14.1. The van der Waals surface area contributed by atoms with Crippen LogP contribution in [0, 0.1) is 5.92 Å². The van der Waals surface area contributed by atoms with Crippen LogP contribution in [0.4, 0.5) is 11.5 Å². The number of rotatable bonds is 7. The lowest BCUT2D eigenvalue weighted by Gasteiger charge is -2.16. The van der Waals surface area contributed by atoms with E-state index in [1.807, 2.05) is 0 Å². The van der Waals surface area contributed by atoms with Crippen LogP contribution in [0.25, 0.3) is 0 Å². The van der Waals surface area contributed by atoms with Gasteiger partial charge >= 0.3 is 0 Å². The molecule has 0 aliphatic carbocycles. The van der Waals surface area contributed by atoms with Gasteiger partial charge in [0.2, 0.25) is 0 Å². The molecular formula is C12H20ClN3O. The van der Waals surface area contributed by atoms with Crippen LogP contribution in [0.15, 0.2) is 12.3 Å². The number of pyridine rings is 1. The first-order valence-corrected chi connectivity index (χ1v) is 6.31. The third kappa shape index (κ3) is 4.79. The van der Waals surface area contributed by atoms with Gasteiger partial charge in [-0.3, -0.25) is 0 Å². The molecule has 0 saturated carbocycles. The Morgan fingerprint density at radius 2 is 2.29 bits per heavy atom. The molecule has 17 heavy (non-hydrogen) atoms. The summed E-state index contributed by atoms with van der Waals surface area (Å²) in [6.45, 7) is 3.12. The lowest BCUT2D eigenvalue weighted by Crippen LogP contribution is -2.16. The molecule has 1 unspecified atom stereocenters. The third-order valence-corrected chi connectivity index (χ3v) is 2.94. The predicted octanol–water partition coefficient (Wildman–Crippen LogP) is 2.53. The quantitative estimate of drug-likeness (QED) is 0.702. The summed E-state index contributed by atoms with van der Waals surface area (Å²) in [5, 5.41) is 12.7. The van der Waals surface area contributed by atoms with Crippen molar-refractivity contribution in [2.45, 2.75) is 26.2 Å². The average molecular weight is 258 g/mol. The molecule has 1 heterocycles. The van der Waals surface area contributed by atoms with Gasteiger partial charge in [-0.15, -0.1) is 0 Å². The van der Waals surface area contributed by atoms with E-state index in [2.05, 4.69) is 17.2 Å². The second-order valence-corrected chi connectivity index (χ2v) is 4.55. The van der Waals surface area contributed by atoms with Crippen molar-refractivity contribution in [2.75, 3.05) is 24.2 Å². The molecule has 5 heteroatoms. The van der Waals surface area contributed by atoms with Crippen molar-refractivity contribution in [1.82, 2.24) is 4.98 Å². The maximum Gasteiger partial charge on any atom is 0.144 e. The molecule has 0 radical (unpaired) electrons. The van der Waals surface area contributed by atoms with Crippen LogP contribution in [-0.2, 0) is 0 Å². The van der Waals surface area contributed by atoms with E-state index in [0.29, 0.717) is 22.4 Å². The molecule has 4 N–H and O–H groups in total. The number of aliphatic hydroxyl groups is 1. The number of nitrogens with two attached hydrogens (primary N) is 1. The van der Waals surface area contributed by atoms with Gasteiger partial charge in [-0.05, 0) is 24.8 Å². The molecule has 0 amide bonds. The lowest BCUT2D eigenvalue weighted by atomic mass is 10.0. The van der Waals surface area contributed by atoms with Gasteiger partial charge in [-0.2, -0.15) is 0 Å². The van der Waals surface area contributed by atoms with Crippen LogP contribution in [0.5, 0.6) is 0 Å². The fourth-order valence-electron chi connectivity index (χ4n) is 1.76. The lowest BCUT2D eigenvalue weighted by molar-refractivity contribution is 0.255. The normalized spacial score (nSPS) is 12.4. The number of nitrogens with zero attached hydrogens (tertiary/aromatic N) is 1. The van der Waals surface area contributed by atoms with Crippen LogP contribution < -0.4 is 11.1 Å². The molecular weight excluding hydrogens is 238 g/mol. The SMILES string of the molecule is CCCC(CCO)CNc1ncc(N)cc1Cl. The second-order valence-electron chi connectivity index (χ2n) is 4.15. The summed E-state index contributed by atoms with van der Waals surface area (Å²) in [5.41, 5.74) is 6.13. The number of aliphatic hydroxyl groups excluding tert-OH is 1. The van der Waals surface area contributed by atoms with Gasteiger partial charge < -0.3 is 16.2 Å². The predicted molar refractivity (Wildman–Crippen MR) is 72.2 cm³/mol. The van der Waals surface area contributed by atoms with E-state index < -0.39 is 0 Å². The van der Waals surface area contributed by atoms with Crippen LogP contribution in [0.3, 0.4) is 0 Å². The smallest absolute Gasteiger partial charge is 0.144 e. The Morgan fingerprint density at radius 3 is 2.88 bits per heavy atom. The van der Waals surface area contributed by atoms with Gasteiger partial charge in [0.15, 0.2) is 0 Å². The molecule has 1 atom stereocenters. The average Bonchev–Trinajstić information content (AvgIpc) is 2.28. The van der Waals surface area contributed by atoms with E-state index in [1.54, 1.807) is 12.3 Å². The minimum Gasteiger partial charge on any atom is -0.397 e. The van der Waals surface area contributed by atoms with Crippen LogP contribution in [-0.4, -0.2) is 23.2 Å². The van der Waals surface area contributed by atoms with Crippen molar-refractivity contribution >= 4 is 23.1 Å². The zero-order valence-corrected chi connectivity index (χ0v) is 10.9. The fourth-order valence-corrected chi connectivity index (χ4v) is 2.00. The van der Waals surface area contributed by atoms with Gasteiger partial charge in [-0.25, -0.2) is 4.98 Å². The molecule has 0 fully saturated rings. The maximum atomic E-state index is 8.97. The monoisotopic (exact) mass is 257 g/mol. The molecule has 1 aromatic rings. The Balaban J connectivity index is 2.52. The summed E-state index contributed by atoms with van der Waals surface area (Å²) in [4.78, 5) is 4.14. The minimum atomic E-state index is 0.218. The van der Waals surface area contributed by atoms with Crippen molar-refractivity contribution in [3.05, 3.63) is 17.3 Å². The third-order valence-electron chi connectivity index (χ3n) is 2.65. The first-order valence-electron chi connectivity index (χ1n) is 5.93. The molecule has 0 saturated heterocycles. The highest BCUT2D eigenvalue weighted by Crippen LogP contribution is 2.22. The van der Waals surface area contributed by atoms with E-state index in [4.69, 9.17) is 22.4 Å². The molecule has 4 nitrogen and oxygen atoms in total. The zero-order chi connectivity index (χ0) is 12.7. The molecule has 96 valence electrons. The number of hydrogen-bond donors (Lipinski definition) is 3. The molecule has 0 aliphatic heterocycles. The number of nitrogens with one attached hydrogen (secondary N) is 1. The minimum absolute atomic E-state index is 0.218. The Labute approximate surface area is 107 Å². The van der Waals surface area contributed by atoms with Gasteiger partial charge in [0.05, 0.1) is 16.9 Å².